The average molecular weight is 402 g/mol. The Morgan fingerprint density at radius 2 is 1.29 bits per heavy atom. The van der Waals surface area contributed by atoms with Gasteiger partial charge in [-0.05, 0) is 44.5 Å². The third-order valence-corrected chi connectivity index (χ3v) is 3.94. The van der Waals surface area contributed by atoms with E-state index >= 15 is 0 Å². The molecule has 150 valence electrons. The Balaban J connectivity index is 2.61. The van der Waals surface area contributed by atoms with E-state index in [4.69, 9.17) is 11.5 Å². The lowest BCUT2D eigenvalue weighted by Gasteiger charge is -2.22. The van der Waals surface area contributed by atoms with Gasteiger partial charge in [0.1, 0.15) is 5.82 Å². The van der Waals surface area contributed by atoms with Gasteiger partial charge in [0.05, 0.1) is 27.8 Å². The number of halogens is 6. The quantitative estimate of drug-likeness (QED) is 0.550. The number of nitrogens with zero attached hydrogens (tertiary/aromatic N) is 2. The van der Waals surface area contributed by atoms with Crippen molar-refractivity contribution in [1.82, 2.24) is 9.97 Å². The van der Waals surface area contributed by atoms with E-state index in [1.165, 1.54) is 13.8 Å². The van der Waals surface area contributed by atoms with Crippen LogP contribution in [0, 0.1) is 18.8 Å². The Morgan fingerprint density at radius 1 is 0.821 bits per heavy atom. The summed E-state index contributed by atoms with van der Waals surface area (Å²) in [4.78, 5) is 7.63. The van der Waals surface area contributed by atoms with E-state index in [0.717, 1.165) is 0 Å². The van der Waals surface area contributed by atoms with Crippen LogP contribution in [-0.2, 0) is 17.8 Å². The molecule has 0 aliphatic heterocycles. The third-order valence-electron chi connectivity index (χ3n) is 3.94. The summed E-state index contributed by atoms with van der Waals surface area (Å²) in [6, 6.07) is 1.38. The minimum absolute atomic E-state index is 0.0340. The summed E-state index contributed by atoms with van der Waals surface area (Å²) in [6.07, 6.45) is -9.88. The Labute approximate surface area is 157 Å². The summed E-state index contributed by atoms with van der Waals surface area (Å²) < 4.78 is 78.4. The molecule has 0 atom stereocenters. The zero-order valence-corrected chi connectivity index (χ0v) is 15.0. The first-order valence-electron chi connectivity index (χ1n) is 7.84. The summed E-state index contributed by atoms with van der Waals surface area (Å²) in [5.41, 5.74) is 7.31. The second kappa shape index (κ2) is 6.89. The molecule has 2 aromatic rings. The van der Waals surface area contributed by atoms with E-state index in [1.807, 2.05) is 0 Å². The van der Waals surface area contributed by atoms with Gasteiger partial charge in [-0.25, -0.2) is 4.98 Å². The zero-order valence-electron chi connectivity index (χ0n) is 15.0. The molecule has 0 radical (unpaired) electrons. The van der Waals surface area contributed by atoms with Gasteiger partial charge in [-0.15, -0.1) is 0 Å². The van der Waals surface area contributed by atoms with Crippen LogP contribution in [0.15, 0.2) is 18.2 Å². The van der Waals surface area contributed by atoms with Gasteiger partial charge in [0.15, 0.2) is 0 Å². The molecule has 4 N–H and O–H groups in total. The lowest BCUT2D eigenvalue weighted by Crippen LogP contribution is -2.19. The van der Waals surface area contributed by atoms with Gasteiger partial charge >= 0.3 is 12.4 Å². The first-order valence-corrected chi connectivity index (χ1v) is 7.84. The first kappa shape index (κ1) is 21.3. The number of aromatic nitrogens is 2. The maximum Gasteiger partial charge on any atom is 0.416 e. The van der Waals surface area contributed by atoms with Gasteiger partial charge in [-0.2, -0.15) is 31.3 Å². The van der Waals surface area contributed by atoms with E-state index in [-0.39, 0.29) is 29.0 Å². The molecule has 2 rings (SSSR count). The van der Waals surface area contributed by atoms with Crippen molar-refractivity contribution in [1.29, 1.82) is 0 Å². The molecule has 1 heterocycles. The standard InChI is InChI=1S/C18H16F6N4/c1-9-13(14(25)28-15(26)27-9)4-5-16(2,3)10-6-11(17(19,20)21)8-12(7-10)18(22,23)24/h6-8H,1-3H3,(H4,25,26,27,28). The molecule has 0 unspecified atom stereocenters. The van der Waals surface area contributed by atoms with Crippen LogP contribution in [0.2, 0.25) is 0 Å². The second-order valence-corrected chi connectivity index (χ2v) is 6.60. The Kier molecular flexibility index (Phi) is 5.25. The Bertz CT molecular complexity index is 909. The van der Waals surface area contributed by atoms with E-state index in [2.05, 4.69) is 21.8 Å². The molecular formula is C18H16F6N4. The first-order chi connectivity index (χ1) is 12.6. The van der Waals surface area contributed by atoms with E-state index in [1.54, 1.807) is 6.92 Å². The summed E-state index contributed by atoms with van der Waals surface area (Å²) in [6.45, 7) is 4.36. The molecule has 28 heavy (non-hydrogen) atoms. The fourth-order valence-electron chi connectivity index (χ4n) is 2.38. The highest BCUT2D eigenvalue weighted by molar-refractivity contribution is 5.56. The Hall–Kier alpha value is -2.96. The van der Waals surface area contributed by atoms with Crippen LogP contribution in [0.25, 0.3) is 0 Å². The number of hydrogen-bond donors (Lipinski definition) is 2. The maximum atomic E-state index is 13.1. The van der Waals surface area contributed by atoms with Crippen molar-refractivity contribution in [2.24, 2.45) is 0 Å². The normalized spacial score (nSPS) is 12.5. The molecule has 1 aromatic carbocycles. The van der Waals surface area contributed by atoms with Crippen LogP contribution in [0.3, 0.4) is 0 Å². The molecule has 1 aromatic heterocycles. The largest absolute Gasteiger partial charge is 0.416 e. The number of benzene rings is 1. The van der Waals surface area contributed by atoms with Crippen molar-refractivity contribution in [3.05, 3.63) is 46.1 Å². The second-order valence-electron chi connectivity index (χ2n) is 6.60. The Morgan fingerprint density at radius 3 is 1.71 bits per heavy atom. The van der Waals surface area contributed by atoms with Gasteiger partial charge < -0.3 is 11.5 Å². The smallest absolute Gasteiger partial charge is 0.382 e. The minimum atomic E-state index is -4.94. The zero-order chi connectivity index (χ0) is 21.5. The molecule has 10 heteroatoms. The molecular weight excluding hydrogens is 386 g/mol. The van der Waals surface area contributed by atoms with Crippen molar-refractivity contribution in [3.63, 3.8) is 0 Å². The third kappa shape index (κ3) is 4.65. The fraction of sp³-hybridized carbons (Fsp3) is 0.333. The van der Waals surface area contributed by atoms with Crippen LogP contribution in [0.4, 0.5) is 38.1 Å². The predicted octanol–water partition coefficient (Wildman–Crippen LogP) is 4.32. The van der Waals surface area contributed by atoms with Crippen molar-refractivity contribution >= 4 is 11.8 Å². The molecule has 0 aliphatic carbocycles. The molecule has 0 saturated heterocycles. The molecule has 0 amide bonds. The number of nitrogen functional groups attached to an aromatic ring is 2. The topological polar surface area (TPSA) is 77.8 Å². The molecule has 0 aliphatic rings. The highest BCUT2D eigenvalue weighted by Gasteiger charge is 2.38. The van der Waals surface area contributed by atoms with Crippen LogP contribution in [0.1, 0.15) is 41.8 Å². The van der Waals surface area contributed by atoms with E-state index < -0.39 is 28.9 Å². The van der Waals surface area contributed by atoms with Gasteiger partial charge in [0.25, 0.3) is 0 Å². The predicted molar refractivity (Wildman–Crippen MR) is 91.9 cm³/mol. The van der Waals surface area contributed by atoms with Crippen molar-refractivity contribution in [2.75, 3.05) is 11.5 Å². The molecule has 0 fully saturated rings. The number of rotatable bonds is 1. The van der Waals surface area contributed by atoms with Crippen molar-refractivity contribution < 1.29 is 26.3 Å². The van der Waals surface area contributed by atoms with Crippen molar-refractivity contribution in [3.8, 4) is 11.8 Å². The monoisotopic (exact) mass is 402 g/mol. The van der Waals surface area contributed by atoms with Gasteiger partial charge in [-0.3, -0.25) is 0 Å². The highest BCUT2D eigenvalue weighted by Crippen LogP contribution is 2.38. The summed E-state index contributed by atoms with van der Waals surface area (Å²) in [5, 5.41) is 0. The van der Waals surface area contributed by atoms with Gasteiger partial charge in [-0.1, -0.05) is 11.8 Å². The summed E-state index contributed by atoms with van der Waals surface area (Å²) in [5.74, 6) is 5.20. The van der Waals surface area contributed by atoms with Crippen LogP contribution in [0.5, 0.6) is 0 Å². The number of hydrogen-bond acceptors (Lipinski definition) is 4. The number of aryl methyl sites for hydroxylation is 1. The van der Waals surface area contributed by atoms with Gasteiger partial charge in [0.2, 0.25) is 5.95 Å². The highest BCUT2D eigenvalue weighted by atomic mass is 19.4. The lowest BCUT2D eigenvalue weighted by atomic mass is 9.83. The van der Waals surface area contributed by atoms with Crippen LogP contribution < -0.4 is 11.5 Å². The lowest BCUT2D eigenvalue weighted by molar-refractivity contribution is -0.143. The number of alkyl halides is 6. The maximum absolute atomic E-state index is 13.1. The molecule has 0 spiro atoms. The van der Waals surface area contributed by atoms with Gasteiger partial charge in [0, 0.05) is 0 Å². The van der Waals surface area contributed by atoms with E-state index in [9.17, 15) is 26.3 Å². The van der Waals surface area contributed by atoms with Crippen LogP contribution >= 0.6 is 0 Å². The summed E-state index contributed by atoms with van der Waals surface area (Å²) in [7, 11) is 0. The van der Waals surface area contributed by atoms with E-state index in [0.29, 0.717) is 17.8 Å². The van der Waals surface area contributed by atoms with Crippen LogP contribution in [-0.4, -0.2) is 9.97 Å². The number of nitrogens with two attached hydrogens (primary N) is 2. The SMILES string of the molecule is Cc1nc(N)nc(N)c1C#CC(C)(C)c1cc(C(F)(F)F)cc(C(F)(F)F)c1. The molecule has 0 bridgehead atoms. The molecule has 4 nitrogen and oxygen atoms in total. The number of anilines is 2. The summed E-state index contributed by atoms with van der Waals surface area (Å²) >= 11 is 0. The van der Waals surface area contributed by atoms with Crippen molar-refractivity contribution in [2.45, 2.75) is 38.5 Å². The molecule has 0 saturated carbocycles. The minimum Gasteiger partial charge on any atom is -0.382 e. The average Bonchev–Trinajstić information content (AvgIpc) is 2.51. The fourth-order valence-corrected chi connectivity index (χ4v) is 2.38.